The van der Waals surface area contributed by atoms with Gasteiger partial charge in [-0.25, -0.2) is 0 Å². The van der Waals surface area contributed by atoms with E-state index in [9.17, 15) is 9.59 Å². The van der Waals surface area contributed by atoms with Crippen LogP contribution in [0.15, 0.2) is 60.3 Å². The lowest BCUT2D eigenvalue weighted by molar-refractivity contribution is -0.137. The molecule has 0 aromatic carbocycles. The van der Waals surface area contributed by atoms with E-state index >= 15 is 0 Å². The van der Waals surface area contributed by atoms with Gasteiger partial charge in [0, 0.05) is 17.9 Å². The van der Waals surface area contributed by atoms with Crippen LogP contribution >= 0.6 is 0 Å². The molecule has 0 radical (unpaired) electrons. The highest BCUT2D eigenvalue weighted by atomic mass is 16.4. The number of aliphatic carboxylic acids is 1. The Labute approximate surface area is 138 Å². The van der Waals surface area contributed by atoms with Crippen LogP contribution in [0.25, 0.3) is 0 Å². The largest absolute Gasteiger partial charge is 0.481 e. The summed E-state index contributed by atoms with van der Waals surface area (Å²) in [6.45, 7) is 2.10. The molecule has 0 saturated heterocycles. The van der Waals surface area contributed by atoms with Crippen LogP contribution in [-0.2, 0) is 9.59 Å². The summed E-state index contributed by atoms with van der Waals surface area (Å²) >= 11 is 0. The molecule has 0 unspecified atom stereocenters. The summed E-state index contributed by atoms with van der Waals surface area (Å²) in [5.74, 6) is -0.536. The number of carboxylic acids is 1. The summed E-state index contributed by atoms with van der Waals surface area (Å²) in [5.41, 5.74) is 0.830. The molecule has 1 rings (SSSR count). The standard InChI is InChI=1S/C20H26O3/c1-2-3-4-5-6-10-13-18-17(15-16-19(18)21)12-9-7-8-11-14-20(22)23/h3-4,6-7,9-10,13,15-17H,2,5,8,11-12,14H2,1H3,(H,22,23)/b4-3-,9-7-,10-6+,18-13+/t17-/m1/s1. The SMILES string of the molecule is CC/C=C\C/C=C/C=C1/C(=O)C=C[C@H]1C/C=C\CCCC(=O)O. The first-order valence-electron chi connectivity index (χ1n) is 8.26. The zero-order valence-corrected chi connectivity index (χ0v) is 13.8. The van der Waals surface area contributed by atoms with E-state index in [1.54, 1.807) is 6.08 Å². The van der Waals surface area contributed by atoms with Crippen LogP contribution in [-0.4, -0.2) is 16.9 Å². The maximum absolute atomic E-state index is 11.9. The van der Waals surface area contributed by atoms with Gasteiger partial charge in [0.2, 0.25) is 0 Å². The van der Waals surface area contributed by atoms with E-state index in [2.05, 4.69) is 19.1 Å². The van der Waals surface area contributed by atoms with Crippen LogP contribution in [0, 0.1) is 5.92 Å². The molecule has 0 aromatic heterocycles. The van der Waals surface area contributed by atoms with Gasteiger partial charge in [0.15, 0.2) is 5.78 Å². The van der Waals surface area contributed by atoms with Crippen LogP contribution in [0.1, 0.15) is 45.4 Å². The Balaban J connectivity index is 2.42. The van der Waals surface area contributed by atoms with E-state index in [-0.39, 0.29) is 18.1 Å². The van der Waals surface area contributed by atoms with Gasteiger partial charge in [-0.15, -0.1) is 0 Å². The van der Waals surface area contributed by atoms with E-state index < -0.39 is 5.97 Å². The number of hydrogen-bond acceptors (Lipinski definition) is 2. The molecule has 0 fully saturated rings. The number of unbranched alkanes of at least 4 members (excludes halogenated alkanes) is 1. The van der Waals surface area contributed by atoms with Gasteiger partial charge in [-0.1, -0.05) is 55.5 Å². The molecule has 23 heavy (non-hydrogen) atoms. The van der Waals surface area contributed by atoms with E-state index in [0.29, 0.717) is 6.42 Å². The molecule has 3 nitrogen and oxygen atoms in total. The molecule has 1 aliphatic carbocycles. The second-order valence-corrected chi connectivity index (χ2v) is 5.49. The van der Waals surface area contributed by atoms with Gasteiger partial charge in [0.1, 0.15) is 0 Å². The van der Waals surface area contributed by atoms with E-state index in [4.69, 9.17) is 5.11 Å². The summed E-state index contributed by atoms with van der Waals surface area (Å²) in [5, 5.41) is 8.57. The average molecular weight is 314 g/mol. The first-order valence-corrected chi connectivity index (χ1v) is 8.26. The van der Waals surface area contributed by atoms with Gasteiger partial charge >= 0.3 is 5.97 Å². The van der Waals surface area contributed by atoms with Crippen molar-refractivity contribution < 1.29 is 14.7 Å². The van der Waals surface area contributed by atoms with Crippen LogP contribution in [0.4, 0.5) is 0 Å². The minimum Gasteiger partial charge on any atom is -0.481 e. The van der Waals surface area contributed by atoms with E-state index in [0.717, 1.165) is 31.3 Å². The zero-order chi connectivity index (χ0) is 16.9. The molecule has 0 amide bonds. The second-order valence-electron chi connectivity index (χ2n) is 5.49. The molecule has 0 heterocycles. The van der Waals surface area contributed by atoms with Gasteiger partial charge in [0.05, 0.1) is 0 Å². The van der Waals surface area contributed by atoms with Crippen LogP contribution in [0.2, 0.25) is 0 Å². The van der Waals surface area contributed by atoms with Crippen molar-refractivity contribution in [2.45, 2.75) is 45.4 Å². The summed E-state index contributed by atoms with van der Waals surface area (Å²) in [4.78, 5) is 22.3. The molecule has 0 aliphatic heterocycles. The van der Waals surface area contributed by atoms with E-state index in [1.165, 1.54) is 0 Å². The zero-order valence-electron chi connectivity index (χ0n) is 13.8. The first-order chi connectivity index (χ1) is 11.1. The topological polar surface area (TPSA) is 54.4 Å². The fourth-order valence-electron chi connectivity index (χ4n) is 2.32. The van der Waals surface area contributed by atoms with Gasteiger partial charge in [0.25, 0.3) is 0 Å². The van der Waals surface area contributed by atoms with Crippen molar-refractivity contribution in [2.24, 2.45) is 5.92 Å². The lowest BCUT2D eigenvalue weighted by Gasteiger charge is -2.06. The number of carbonyl (C=O) groups excluding carboxylic acids is 1. The normalized spacial score (nSPS) is 20.0. The number of carbonyl (C=O) groups is 2. The molecular formula is C20H26O3. The molecule has 1 aliphatic rings. The van der Waals surface area contributed by atoms with Gasteiger partial charge in [-0.05, 0) is 38.2 Å². The lowest BCUT2D eigenvalue weighted by Crippen LogP contribution is -2.01. The number of rotatable bonds is 10. The maximum atomic E-state index is 11.9. The molecule has 1 N–H and O–H groups in total. The predicted octanol–water partition coefficient (Wildman–Crippen LogP) is 4.78. The monoisotopic (exact) mass is 314 g/mol. The number of carboxylic acid groups (broad SMARTS) is 1. The minimum atomic E-state index is -0.756. The molecule has 124 valence electrons. The quantitative estimate of drug-likeness (QED) is 0.358. The lowest BCUT2D eigenvalue weighted by atomic mass is 9.97. The molecule has 0 bridgehead atoms. The highest BCUT2D eigenvalue weighted by molar-refractivity contribution is 6.07. The van der Waals surface area contributed by atoms with Gasteiger partial charge in [-0.2, -0.15) is 0 Å². The number of hydrogen-bond donors (Lipinski definition) is 1. The second kappa shape index (κ2) is 11.4. The Bertz CT molecular complexity index is 533. The van der Waals surface area contributed by atoms with Crippen molar-refractivity contribution in [3.63, 3.8) is 0 Å². The highest BCUT2D eigenvalue weighted by Gasteiger charge is 2.20. The first kappa shape index (κ1) is 18.9. The van der Waals surface area contributed by atoms with Crippen molar-refractivity contribution in [1.29, 1.82) is 0 Å². The maximum Gasteiger partial charge on any atom is 0.303 e. The smallest absolute Gasteiger partial charge is 0.303 e. The Morgan fingerprint density at radius 2 is 2.04 bits per heavy atom. The molecule has 0 saturated carbocycles. The van der Waals surface area contributed by atoms with Crippen molar-refractivity contribution in [3.05, 3.63) is 60.3 Å². The van der Waals surface area contributed by atoms with Crippen LogP contribution in [0.3, 0.4) is 0 Å². The minimum absolute atomic E-state index is 0.0861. The van der Waals surface area contributed by atoms with Crippen molar-refractivity contribution >= 4 is 11.8 Å². The molecule has 0 spiro atoms. The summed E-state index contributed by atoms with van der Waals surface area (Å²) in [6, 6.07) is 0. The Kier molecular flexibility index (Phi) is 9.37. The number of ketones is 1. The number of allylic oxidation sites excluding steroid dienone is 10. The predicted molar refractivity (Wildman–Crippen MR) is 94.2 cm³/mol. The van der Waals surface area contributed by atoms with Crippen molar-refractivity contribution in [2.75, 3.05) is 0 Å². The Hall–Kier alpha value is -2.16. The molecule has 1 atom stereocenters. The summed E-state index contributed by atoms with van der Waals surface area (Å²) in [6.07, 6.45) is 22.1. The van der Waals surface area contributed by atoms with Crippen LogP contribution in [0.5, 0.6) is 0 Å². The molecule has 3 heteroatoms. The van der Waals surface area contributed by atoms with Gasteiger partial charge in [-0.3, -0.25) is 9.59 Å². The Morgan fingerprint density at radius 1 is 1.22 bits per heavy atom. The summed E-state index contributed by atoms with van der Waals surface area (Å²) in [7, 11) is 0. The Morgan fingerprint density at radius 3 is 2.78 bits per heavy atom. The van der Waals surface area contributed by atoms with E-state index in [1.807, 2.05) is 36.5 Å². The van der Waals surface area contributed by atoms with Crippen LogP contribution < -0.4 is 0 Å². The van der Waals surface area contributed by atoms with Gasteiger partial charge < -0.3 is 5.11 Å². The fraction of sp³-hybridized carbons (Fsp3) is 0.400. The third-order valence-electron chi connectivity index (χ3n) is 3.57. The van der Waals surface area contributed by atoms with Crippen molar-refractivity contribution in [3.8, 4) is 0 Å². The molecular weight excluding hydrogens is 288 g/mol. The highest BCUT2D eigenvalue weighted by Crippen LogP contribution is 2.25. The molecule has 0 aromatic rings. The average Bonchev–Trinajstić information content (AvgIpc) is 2.86. The fourth-order valence-corrected chi connectivity index (χ4v) is 2.32. The van der Waals surface area contributed by atoms with Crippen molar-refractivity contribution in [1.82, 2.24) is 0 Å². The third-order valence-corrected chi connectivity index (χ3v) is 3.57. The third kappa shape index (κ3) is 8.15. The summed E-state index contributed by atoms with van der Waals surface area (Å²) < 4.78 is 0.